The Morgan fingerprint density at radius 2 is 1.86 bits per heavy atom. The maximum atomic E-state index is 15.0. The van der Waals surface area contributed by atoms with Crippen molar-refractivity contribution in [1.82, 2.24) is 25.0 Å². The summed E-state index contributed by atoms with van der Waals surface area (Å²) in [6, 6.07) is 14.9. The zero-order chi connectivity index (χ0) is 30.1. The van der Waals surface area contributed by atoms with Gasteiger partial charge in [0, 0.05) is 61.1 Å². The molecule has 2 saturated heterocycles. The number of H-pyrrole nitrogens is 1. The predicted octanol–water partition coefficient (Wildman–Crippen LogP) is 5.60. The second-order valence-electron chi connectivity index (χ2n) is 12.5. The van der Waals surface area contributed by atoms with Crippen LogP contribution in [0.25, 0.3) is 11.3 Å². The van der Waals surface area contributed by atoms with Gasteiger partial charge >= 0.3 is 6.03 Å². The monoisotopic (exact) mass is 589 g/mol. The van der Waals surface area contributed by atoms with E-state index in [4.69, 9.17) is 0 Å². The quantitative estimate of drug-likeness (QED) is 0.406. The van der Waals surface area contributed by atoms with Gasteiger partial charge in [-0.25, -0.2) is 13.6 Å². The molecule has 1 aromatic heterocycles. The second kappa shape index (κ2) is 12.2. The van der Waals surface area contributed by atoms with E-state index in [-0.39, 0.29) is 28.7 Å². The van der Waals surface area contributed by atoms with E-state index in [1.165, 1.54) is 6.07 Å². The van der Waals surface area contributed by atoms with E-state index < -0.39 is 17.7 Å². The lowest BCUT2D eigenvalue weighted by molar-refractivity contribution is -0.00239. The Morgan fingerprint density at radius 3 is 2.60 bits per heavy atom. The van der Waals surface area contributed by atoms with Crippen LogP contribution < -0.4 is 10.9 Å². The van der Waals surface area contributed by atoms with Gasteiger partial charge in [0.25, 0.3) is 5.56 Å². The number of aromatic nitrogens is 1. The number of aromatic amines is 1. The van der Waals surface area contributed by atoms with Crippen LogP contribution in [-0.4, -0.2) is 70.5 Å². The Hall–Kier alpha value is -3.56. The van der Waals surface area contributed by atoms with Crippen molar-refractivity contribution in [3.05, 3.63) is 93.3 Å². The molecule has 2 amide bonds. The molecule has 2 atom stereocenters. The van der Waals surface area contributed by atoms with Gasteiger partial charge in [-0.15, -0.1) is 0 Å². The number of benzene rings is 2. The summed E-state index contributed by atoms with van der Waals surface area (Å²) in [5.41, 5.74) is 3.58. The third kappa shape index (κ3) is 5.97. The molecule has 1 saturated carbocycles. The molecule has 2 aliphatic heterocycles. The molecule has 7 nitrogen and oxygen atoms in total. The molecule has 3 heterocycles. The van der Waals surface area contributed by atoms with Crippen molar-refractivity contribution in [3.63, 3.8) is 0 Å². The maximum absolute atomic E-state index is 15.0. The van der Waals surface area contributed by atoms with Crippen LogP contribution in [-0.2, 0) is 6.54 Å². The normalized spacial score (nSPS) is 22.3. The average Bonchev–Trinajstić information content (AvgIpc) is 3.48. The van der Waals surface area contributed by atoms with E-state index in [0.29, 0.717) is 39.1 Å². The van der Waals surface area contributed by atoms with E-state index in [0.717, 1.165) is 66.6 Å². The zero-order valence-electron chi connectivity index (χ0n) is 25.0. The molecule has 3 aromatic rings. The Kier molecular flexibility index (Phi) is 8.38. The molecule has 0 radical (unpaired) electrons. The van der Waals surface area contributed by atoms with E-state index in [9.17, 15) is 18.4 Å². The van der Waals surface area contributed by atoms with Gasteiger partial charge in [-0.05, 0) is 75.5 Å². The molecular formula is C34H41F2N5O2. The second-order valence-corrected chi connectivity index (χ2v) is 12.5. The highest BCUT2D eigenvalue weighted by Crippen LogP contribution is 2.40. The first-order valence-electron chi connectivity index (χ1n) is 15.5. The number of nitrogens with zero attached hydrogens (tertiary/aromatic N) is 3. The van der Waals surface area contributed by atoms with Crippen molar-refractivity contribution in [3.8, 4) is 11.3 Å². The molecule has 1 aliphatic carbocycles. The molecule has 1 spiro atoms. The summed E-state index contributed by atoms with van der Waals surface area (Å²) >= 11 is 0. The number of hydrogen-bond acceptors (Lipinski definition) is 4. The van der Waals surface area contributed by atoms with Crippen molar-refractivity contribution in [2.24, 2.45) is 0 Å². The van der Waals surface area contributed by atoms with Crippen molar-refractivity contribution in [2.45, 2.75) is 69.6 Å². The summed E-state index contributed by atoms with van der Waals surface area (Å²) in [6.45, 7) is 4.76. The third-order valence-electron chi connectivity index (χ3n) is 9.86. The van der Waals surface area contributed by atoms with Gasteiger partial charge in [0.1, 0.15) is 11.6 Å². The van der Waals surface area contributed by atoms with E-state index in [2.05, 4.69) is 21.3 Å². The van der Waals surface area contributed by atoms with Crippen LogP contribution in [0.1, 0.15) is 61.3 Å². The van der Waals surface area contributed by atoms with E-state index in [1.807, 2.05) is 49.2 Å². The fourth-order valence-electron chi connectivity index (χ4n) is 7.45. The first-order valence-corrected chi connectivity index (χ1v) is 15.5. The number of piperazine rings is 1. The Balaban J connectivity index is 1.21. The number of likely N-dealkylation sites (tertiary alicyclic amines) is 1. The number of carbonyl (C=O) groups is 1. The van der Waals surface area contributed by atoms with Crippen LogP contribution in [0, 0.1) is 18.6 Å². The maximum Gasteiger partial charge on any atom is 0.320 e. The van der Waals surface area contributed by atoms with Crippen molar-refractivity contribution < 1.29 is 13.6 Å². The number of piperidine rings is 1. The highest BCUT2D eigenvalue weighted by molar-refractivity contribution is 5.75. The van der Waals surface area contributed by atoms with Gasteiger partial charge in [0.05, 0.1) is 6.04 Å². The summed E-state index contributed by atoms with van der Waals surface area (Å²) in [7, 11) is 1.87. The molecule has 3 fully saturated rings. The fourth-order valence-corrected chi connectivity index (χ4v) is 7.45. The topological polar surface area (TPSA) is 71.7 Å². The number of amides is 2. The molecule has 9 heteroatoms. The molecule has 0 bridgehead atoms. The molecule has 6 rings (SSSR count). The van der Waals surface area contributed by atoms with Crippen LogP contribution in [0.3, 0.4) is 0 Å². The number of aryl methyl sites for hydroxylation is 1. The lowest BCUT2D eigenvalue weighted by atomic mass is 9.90. The molecule has 2 aromatic carbocycles. The summed E-state index contributed by atoms with van der Waals surface area (Å²) < 4.78 is 29.2. The highest BCUT2D eigenvalue weighted by atomic mass is 19.1. The molecule has 228 valence electrons. The SMILES string of the molecule is CN[C@@H]1CCN(C(=O)N2CCN(Cc3ccc(-c4cccc(C)c4)[nH]c3=O)C3(CCCC3)C2)[C@H](c2cc(F)ccc2F)C1. The number of pyridine rings is 1. The van der Waals surface area contributed by atoms with Crippen LogP contribution >= 0.6 is 0 Å². The Labute approximate surface area is 251 Å². The highest BCUT2D eigenvalue weighted by Gasteiger charge is 2.46. The molecule has 43 heavy (non-hydrogen) atoms. The van der Waals surface area contributed by atoms with Gasteiger partial charge in [-0.2, -0.15) is 0 Å². The number of hydrogen-bond donors (Lipinski definition) is 2. The molecular weight excluding hydrogens is 548 g/mol. The van der Waals surface area contributed by atoms with Crippen molar-refractivity contribution in [2.75, 3.05) is 33.2 Å². The fraction of sp³-hybridized carbons (Fsp3) is 0.471. The number of carbonyl (C=O) groups excluding carboxylic acids is 1. The minimum Gasteiger partial charge on any atom is -0.322 e. The van der Waals surface area contributed by atoms with Crippen molar-refractivity contribution >= 4 is 6.03 Å². The number of nitrogens with one attached hydrogen (secondary N) is 2. The molecule has 3 aliphatic rings. The Morgan fingerprint density at radius 1 is 1.05 bits per heavy atom. The average molecular weight is 590 g/mol. The summed E-state index contributed by atoms with van der Waals surface area (Å²) in [4.78, 5) is 36.5. The van der Waals surface area contributed by atoms with E-state index >= 15 is 0 Å². The van der Waals surface area contributed by atoms with Gasteiger partial charge in [0.15, 0.2) is 0 Å². The lowest BCUT2D eigenvalue weighted by Gasteiger charge is -2.51. The number of rotatable bonds is 5. The first kappa shape index (κ1) is 29.5. The largest absolute Gasteiger partial charge is 0.322 e. The third-order valence-corrected chi connectivity index (χ3v) is 9.86. The number of halogens is 2. The van der Waals surface area contributed by atoms with Crippen LogP contribution in [0.4, 0.5) is 13.6 Å². The summed E-state index contributed by atoms with van der Waals surface area (Å²) in [5, 5.41) is 3.26. The first-order chi connectivity index (χ1) is 20.8. The smallest absolute Gasteiger partial charge is 0.320 e. The van der Waals surface area contributed by atoms with Gasteiger partial charge in [0.2, 0.25) is 0 Å². The standard InChI is InChI=1S/C34H41F2N5O2/c1-23-6-5-7-24(18-23)30-11-8-25(32(42)38-30)21-40-17-16-39(22-34(40)13-3-4-14-34)33(43)41-15-12-27(37-2)20-31(41)28-19-26(35)9-10-29(28)36/h5-11,18-19,27,31,37H,3-4,12-17,20-22H2,1-2H3,(H,38,42)/t27-,31+/m1/s1. The predicted molar refractivity (Wildman–Crippen MR) is 164 cm³/mol. The minimum absolute atomic E-state index is 0.0852. The lowest BCUT2D eigenvalue weighted by Crippen LogP contribution is -2.64. The van der Waals surface area contributed by atoms with Gasteiger partial charge in [-0.1, -0.05) is 42.7 Å². The van der Waals surface area contributed by atoms with Crippen molar-refractivity contribution in [1.29, 1.82) is 0 Å². The van der Waals surface area contributed by atoms with Crippen LogP contribution in [0.15, 0.2) is 59.4 Å². The van der Waals surface area contributed by atoms with Crippen LogP contribution in [0.2, 0.25) is 0 Å². The number of urea groups is 1. The van der Waals surface area contributed by atoms with E-state index in [1.54, 1.807) is 4.90 Å². The minimum atomic E-state index is -0.544. The molecule has 2 N–H and O–H groups in total. The van der Waals surface area contributed by atoms with Gasteiger partial charge in [-0.3, -0.25) is 9.69 Å². The molecule has 0 unspecified atom stereocenters. The summed E-state index contributed by atoms with van der Waals surface area (Å²) in [5.74, 6) is -0.993. The van der Waals surface area contributed by atoms with Gasteiger partial charge < -0.3 is 20.1 Å². The van der Waals surface area contributed by atoms with Crippen LogP contribution in [0.5, 0.6) is 0 Å². The Bertz CT molecular complexity index is 1540. The summed E-state index contributed by atoms with van der Waals surface area (Å²) in [6.07, 6.45) is 5.34. The zero-order valence-corrected chi connectivity index (χ0v) is 25.0.